The summed E-state index contributed by atoms with van der Waals surface area (Å²) in [4.78, 5) is 26.6. The monoisotopic (exact) mass is 470 g/mol. The maximum atomic E-state index is 12.8. The predicted molar refractivity (Wildman–Crippen MR) is 137 cm³/mol. The number of nitrogens with zero attached hydrogens (tertiary/aromatic N) is 5. The van der Waals surface area contributed by atoms with Crippen LogP contribution in [0.25, 0.3) is 16.9 Å². The number of fused-ring (bicyclic) bond motifs is 1. The van der Waals surface area contributed by atoms with Crippen LogP contribution in [0.3, 0.4) is 0 Å². The summed E-state index contributed by atoms with van der Waals surface area (Å²) in [6.07, 6.45) is 1.81. The number of anilines is 1. The molecule has 3 heterocycles. The standard InChI is InChI=1S/C27H30N6O2/c1-19-15-20(2)17-21(16-19)33-25(29-23-8-6-10-28-26(23)33)18-31-11-13-32(14-12-31)27(34)30-22-7-4-5-9-24(22)35-3/h4-10,15-17H,11-14,18H2,1-3H3,(H,30,34). The van der Waals surface area contributed by atoms with E-state index in [9.17, 15) is 4.79 Å². The van der Waals surface area contributed by atoms with Gasteiger partial charge in [0.25, 0.3) is 0 Å². The van der Waals surface area contributed by atoms with Gasteiger partial charge in [-0.3, -0.25) is 9.47 Å². The number of methoxy groups -OCH3 is 1. The zero-order valence-corrected chi connectivity index (χ0v) is 20.4. The summed E-state index contributed by atoms with van der Waals surface area (Å²) in [6.45, 7) is 7.72. The van der Waals surface area contributed by atoms with Crippen molar-refractivity contribution < 1.29 is 9.53 Å². The number of ether oxygens (including phenoxy) is 1. The van der Waals surface area contributed by atoms with Crippen LogP contribution in [0.4, 0.5) is 10.5 Å². The van der Waals surface area contributed by atoms with Gasteiger partial charge in [0.2, 0.25) is 0 Å². The number of aromatic nitrogens is 3. The van der Waals surface area contributed by atoms with Crippen molar-refractivity contribution in [2.75, 3.05) is 38.6 Å². The number of urea groups is 1. The maximum absolute atomic E-state index is 12.8. The van der Waals surface area contributed by atoms with E-state index in [0.717, 1.165) is 35.8 Å². The van der Waals surface area contributed by atoms with Crippen LogP contribution in [-0.4, -0.2) is 63.7 Å². The molecule has 5 rings (SSSR count). The van der Waals surface area contributed by atoms with Crippen LogP contribution in [-0.2, 0) is 6.54 Å². The lowest BCUT2D eigenvalue weighted by Crippen LogP contribution is -2.49. The van der Waals surface area contributed by atoms with Gasteiger partial charge in [-0.2, -0.15) is 0 Å². The summed E-state index contributed by atoms with van der Waals surface area (Å²) in [6, 6.07) is 17.8. The van der Waals surface area contributed by atoms with Crippen molar-refractivity contribution >= 4 is 22.9 Å². The molecule has 0 unspecified atom stereocenters. The fraction of sp³-hybridized carbons (Fsp3) is 0.296. The second kappa shape index (κ2) is 9.76. The molecule has 8 heteroatoms. The first-order valence-corrected chi connectivity index (χ1v) is 11.8. The van der Waals surface area contributed by atoms with Crippen molar-refractivity contribution in [3.05, 3.63) is 77.7 Å². The molecule has 1 saturated heterocycles. The highest BCUT2D eigenvalue weighted by Crippen LogP contribution is 2.25. The number of benzene rings is 2. The summed E-state index contributed by atoms with van der Waals surface area (Å²) >= 11 is 0. The van der Waals surface area contributed by atoms with Crippen LogP contribution in [0.5, 0.6) is 5.75 Å². The third-order valence-electron chi connectivity index (χ3n) is 6.32. The van der Waals surface area contributed by atoms with Gasteiger partial charge in [-0.25, -0.2) is 14.8 Å². The van der Waals surface area contributed by atoms with Gasteiger partial charge >= 0.3 is 6.03 Å². The lowest BCUT2D eigenvalue weighted by molar-refractivity contribution is 0.140. The average Bonchev–Trinajstić information content (AvgIpc) is 3.22. The van der Waals surface area contributed by atoms with Crippen LogP contribution in [0.2, 0.25) is 0 Å². The van der Waals surface area contributed by atoms with Crippen LogP contribution in [0.1, 0.15) is 17.0 Å². The molecular formula is C27H30N6O2. The molecule has 2 aromatic heterocycles. The molecule has 0 radical (unpaired) electrons. The van der Waals surface area contributed by atoms with Gasteiger partial charge in [0.05, 0.1) is 19.3 Å². The second-order valence-corrected chi connectivity index (χ2v) is 8.95. The van der Waals surface area contributed by atoms with Gasteiger partial charge in [0.15, 0.2) is 5.65 Å². The van der Waals surface area contributed by atoms with E-state index < -0.39 is 0 Å². The van der Waals surface area contributed by atoms with Crippen LogP contribution in [0.15, 0.2) is 60.8 Å². The van der Waals surface area contributed by atoms with Gasteiger partial charge in [-0.05, 0) is 61.4 Å². The van der Waals surface area contributed by atoms with Gasteiger partial charge in [-0.15, -0.1) is 0 Å². The van der Waals surface area contributed by atoms with Crippen molar-refractivity contribution in [2.45, 2.75) is 20.4 Å². The SMILES string of the molecule is COc1ccccc1NC(=O)N1CCN(Cc2nc3cccnc3n2-c2cc(C)cc(C)c2)CC1. The molecule has 1 fully saturated rings. The number of hydrogen-bond donors (Lipinski definition) is 1. The molecule has 180 valence electrons. The molecule has 0 saturated carbocycles. The molecular weight excluding hydrogens is 440 g/mol. The number of rotatable bonds is 5. The highest BCUT2D eigenvalue weighted by atomic mass is 16.5. The summed E-state index contributed by atoms with van der Waals surface area (Å²) < 4.78 is 7.51. The van der Waals surface area contributed by atoms with E-state index >= 15 is 0 Å². The van der Waals surface area contributed by atoms with Crippen molar-refractivity contribution in [3.63, 3.8) is 0 Å². The maximum Gasteiger partial charge on any atom is 0.322 e. The lowest BCUT2D eigenvalue weighted by Gasteiger charge is -2.34. The summed E-state index contributed by atoms with van der Waals surface area (Å²) in [5.74, 6) is 1.61. The molecule has 2 aromatic carbocycles. The third-order valence-corrected chi connectivity index (χ3v) is 6.32. The minimum atomic E-state index is -0.110. The van der Waals surface area contributed by atoms with Crippen molar-refractivity contribution in [3.8, 4) is 11.4 Å². The average molecular weight is 471 g/mol. The third kappa shape index (κ3) is 4.83. The number of carbonyl (C=O) groups excluding carboxylic acids is 1. The second-order valence-electron chi connectivity index (χ2n) is 8.95. The first-order valence-electron chi connectivity index (χ1n) is 11.8. The molecule has 2 amide bonds. The van der Waals surface area contributed by atoms with E-state index in [1.54, 1.807) is 7.11 Å². The number of nitrogens with one attached hydrogen (secondary N) is 1. The van der Waals surface area contributed by atoms with Crippen LogP contribution >= 0.6 is 0 Å². The number of carbonyl (C=O) groups is 1. The Kier molecular flexibility index (Phi) is 6.37. The quantitative estimate of drug-likeness (QED) is 0.468. The zero-order chi connectivity index (χ0) is 24.4. The Labute approximate surface area is 205 Å². The number of amides is 2. The number of hydrogen-bond acceptors (Lipinski definition) is 5. The Morgan fingerprint density at radius 3 is 2.49 bits per heavy atom. The Hall–Kier alpha value is -3.91. The molecule has 1 aliphatic rings. The molecule has 35 heavy (non-hydrogen) atoms. The number of aryl methyl sites for hydroxylation is 2. The van der Waals surface area contributed by atoms with E-state index in [1.807, 2.05) is 47.5 Å². The predicted octanol–water partition coefficient (Wildman–Crippen LogP) is 4.40. The number of pyridine rings is 1. The fourth-order valence-corrected chi connectivity index (χ4v) is 4.67. The van der Waals surface area contributed by atoms with Gasteiger partial charge in [-0.1, -0.05) is 18.2 Å². The zero-order valence-electron chi connectivity index (χ0n) is 20.4. The Bertz CT molecular complexity index is 1340. The van der Waals surface area contributed by atoms with Gasteiger partial charge < -0.3 is 15.0 Å². The lowest BCUT2D eigenvalue weighted by atomic mass is 10.1. The smallest absolute Gasteiger partial charge is 0.322 e. The first-order chi connectivity index (χ1) is 17.0. The Morgan fingerprint density at radius 1 is 1.00 bits per heavy atom. The van der Waals surface area contributed by atoms with Crippen molar-refractivity contribution in [2.24, 2.45) is 0 Å². The van der Waals surface area contributed by atoms with Crippen LogP contribution in [0, 0.1) is 13.8 Å². The van der Waals surface area contributed by atoms with Gasteiger partial charge in [0.1, 0.15) is 17.1 Å². The Morgan fingerprint density at radius 2 is 1.74 bits per heavy atom. The normalized spacial score (nSPS) is 14.3. The molecule has 0 spiro atoms. The molecule has 1 aliphatic heterocycles. The minimum absolute atomic E-state index is 0.110. The van der Waals surface area contributed by atoms with Crippen molar-refractivity contribution in [1.82, 2.24) is 24.3 Å². The van der Waals surface area contributed by atoms with E-state index in [0.29, 0.717) is 31.1 Å². The van der Waals surface area contributed by atoms with E-state index in [-0.39, 0.29) is 6.03 Å². The molecule has 0 bridgehead atoms. The van der Waals surface area contributed by atoms with Crippen LogP contribution < -0.4 is 10.1 Å². The van der Waals surface area contributed by atoms with E-state index in [1.165, 1.54) is 11.1 Å². The van der Waals surface area contributed by atoms with Crippen molar-refractivity contribution in [1.29, 1.82) is 0 Å². The molecule has 1 N–H and O–H groups in total. The minimum Gasteiger partial charge on any atom is -0.495 e. The Balaban J connectivity index is 1.31. The number of piperazine rings is 1. The van der Waals surface area contributed by atoms with E-state index in [2.05, 4.69) is 51.8 Å². The molecule has 8 nitrogen and oxygen atoms in total. The topological polar surface area (TPSA) is 75.5 Å². The van der Waals surface area contributed by atoms with Gasteiger partial charge in [0, 0.05) is 38.1 Å². The number of imidazole rings is 1. The summed E-state index contributed by atoms with van der Waals surface area (Å²) in [5, 5.41) is 2.97. The molecule has 0 aliphatic carbocycles. The fourth-order valence-electron chi connectivity index (χ4n) is 4.67. The largest absolute Gasteiger partial charge is 0.495 e. The highest BCUT2D eigenvalue weighted by Gasteiger charge is 2.24. The highest BCUT2D eigenvalue weighted by molar-refractivity contribution is 5.91. The molecule has 0 atom stereocenters. The summed E-state index contributed by atoms with van der Waals surface area (Å²) in [5.41, 5.74) is 5.92. The van der Waals surface area contributed by atoms with E-state index in [4.69, 9.17) is 9.72 Å². The number of para-hydroxylation sites is 2. The molecule has 4 aromatic rings. The summed E-state index contributed by atoms with van der Waals surface area (Å²) in [7, 11) is 1.60. The first kappa shape index (κ1) is 22.9.